The lowest BCUT2D eigenvalue weighted by atomic mass is 10.2. The molecule has 1 aromatic heterocycles. The second-order valence-electron chi connectivity index (χ2n) is 2.31. The molecular weight excluding hydrogens is 220 g/mol. The van der Waals surface area contributed by atoms with Gasteiger partial charge in [-0.15, -0.1) is 0 Å². The molecule has 3 nitrogen and oxygen atoms in total. The summed E-state index contributed by atoms with van der Waals surface area (Å²) >= 11 is 3.28. The van der Waals surface area contributed by atoms with Crippen molar-refractivity contribution in [1.82, 2.24) is 10.3 Å². The van der Waals surface area contributed by atoms with E-state index >= 15 is 0 Å². The smallest absolute Gasteiger partial charge is 0.179 e. The lowest BCUT2D eigenvalue weighted by Gasteiger charge is -2.00. The number of nitrogens with one attached hydrogen (secondary N) is 1. The number of rotatable bonds is 3. The highest BCUT2D eigenvalue weighted by Gasteiger charge is 2.07. The third-order valence-electron chi connectivity index (χ3n) is 1.41. The van der Waals surface area contributed by atoms with Gasteiger partial charge in [-0.25, -0.2) is 0 Å². The number of hydrogen-bond donors (Lipinski definition) is 1. The number of carbonyl (C=O) groups is 1. The zero-order valence-electron chi connectivity index (χ0n) is 6.67. The molecule has 0 saturated heterocycles. The van der Waals surface area contributed by atoms with Gasteiger partial charge >= 0.3 is 0 Å². The summed E-state index contributed by atoms with van der Waals surface area (Å²) in [5.41, 5.74) is 0.617. The Bertz CT molecular complexity index is 288. The summed E-state index contributed by atoms with van der Waals surface area (Å²) in [6, 6.07) is 1.75. The third-order valence-corrected chi connectivity index (χ3v) is 2.10. The fourth-order valence-corrected chi connectivity index (χ4v) is 1.28. The summed E-state index contributed by atoms with van der Waals surface area (Å²) in [6.45, 7) is 0.338. The Labute approximate surface area is 79.3 Å². The summed E-state index contributed by atoms with van der Waals surface area (Å²) in [7, 11) is 1.74. The van der Waals surface area contributed by atoms with Crippen molar-refractivity contribution in [2.24, 2.45) is 0 Å². The topological polar surface area (TPSA) is 42.0 Å². The Kier molecular flexibility index (Phi) is 3.37. The average Bonchev–Trinajstić information content (AvgIpc) is 2.05. The minimum Gasteiger partial charge on any atom is -0.313 e. The van der Waals surface area contributed by atoms with E-state index in [1.807, 2.05) is 0 Å². The normalized spacial score (nSPS) is 9.83. The number of aromatic nitrogens is 1. The van der Waals surface area contributed by atoms with Crippen LogP contribution in [0.15, 0.2) is 22.9 Å². The van der Waals surface area contributed by atoms with Gasteiger partial charge in [-0.3, -0.25) is 9.78 Å². The molecule has 0 unspecified atom stereocenters. The molecule has 0 aliphatic heterocycles. The highest BCUT2D eigenvalue weighted by atomic mass is 79.9. The van der Waals surface area contributed by atoms with Crippen molar-refractivity contribution in [2.75, 3.05) is 13.6 Å². The van der Waals surface area contributed by atoms with E-state index in [1.165, 1.54) is 0 Å². The molecule has 0 spiro atoms. The minimum atomic E-state index is 0.0393. The number of pyridine rings is 1. The fraction of sp³-hybridized carbons (Fsp3) is 0.250. The molecule has 0 fully saturated rings. The van der Waals surface area contributed by atoms with Gasteiger partial charge in [0.15, 0.2) is 5.78 Å². The summed E-state index contributed by atoms with van der Waals surface area (Å²) in [5, 5.41) is 2.80. The fourth-order valence-electron chi connectivity index (χ4n) is 0.838. The maximum absolute atomic E-state index is 11.3. The van der Waals surface area contributed by atoms with Crippen LogP contribution in [-0.2, 0) is 0 Å². The number of hydrogen-bond acceptors (Lipinski definition) is 3. The quantitative estimate of drug-likeness (QED) is 0.793. The Morgan fingerprint density at radius 3 is 3.08 bits per heavy atom. The molecule has 0 bridgehead atoms. The number of likely N-dealkylation sites (N-methyl/N-ethyl adjacent to an activating group) is 1. The van der Waals surface area contributed by atoms with Gasteiger partial charge in [0.2, 0.25) is 0 Å². The van der Waals surface area contributed by atoms with E-state index in [2.05, 4.69) is 26.2 Å². The molecule has 12 heavy (non-hydrogen) atoms. The average molecular weight is 229 g/mol. The molecular formula is C8H9BrN2O. The third kappa shape index (κ3) is 2.12. The van der Waals surface area contributed by atoms with Crippen LogP contribution < -0.4 is 5.32 Å². The van der Waals surface area contributed by atoms with Crippen LogP contribution in [0.3, 0.4) is 0 Å². The molecule has 0 aliphatic rings. The predicted octanol–water partition coefficient (Wildman–Crippen LogP) is 1.25. The lowest BCUT2D eigenvalue weighted by Crippen LogP contribution is -2.18. The molecule has 0 aromatic carbocycles. The molecule has 0 radical (unpaired) electrons. The van der Waals surface area contributed by atoms with Crippen LogP contribution in [0.2, 0.25) is 0 Å². The second kappa shape index (κ2) is 4.33. The van der Waals surface area contributed by atoms with Gasteiger partial charge in [-0.1, -0.05) is 0 Å². The van der Waals surface area contributed by atoms with Crippen molar-refractivity contribution < 1.29 is 4.79 Å². The summed E-state index contributed by atoms with van der Waals surface area (Å²) in [5.74, 6) is 0.0393. The van der Waals surface area contributed by atoms with Gasteiger partial charge < -0.3 is 5.32 Å². The Balaban J connectivity index is 2.87. The Hall–Kier alpha value is -0.740. The number of carbonyl (C=O) groups excluding carboxylic acids is 1. The molecule has 0 amide bonds. The molecule has 4 heteroatoms. The van der Waals surface area contributed by atoms with E-state index in [0.717, 1.165) is 4.47 Å². The van der Waals surface area contributed by atoms with Crippen LogP contribution in [0.1, 0.15) is 10.4 Å². The van der Waals surface area contributed by atoms with Gasteiger partial charge in [-0.05, 0) is 29.0 Å². The van der Waals surface area contributed by atoms with Gasteiger partial charge in [0.05, 0.1) is 12.1 Å². The SMILES string of the molecule is CNCC(=O)c1cnccc1Br. The van der Waals surface area contributed by atoms with Crippen molar-refractivity contribution in [1.29, 1.82) is 0 Å². The molecule has 0 saturated carbocycles. The Morgan fingerprint density at radius 2 is 2.50 bits per heavy atom. The highest BCUT2D eigenvalue weighted by Crippen LogP contribution is 2.14. The van der Waals surface area contributed by atoms with Crippen LogP contribution in [0, 0.1) is 0 Å². The maximum atomic E-state index is 11.3. The first-order valence-electron chi connectivity index (χ1n) is 3.53. The van der Waals surface area contributed by atoms with E-state index in [9.17, 15) is 4.79 Å². The number of halogens is 1. The van der Waals surface area contributed by atoms with Gasteiger partial charge in [-0.2, -0.15) is 0 Å². The van der Waals surface area contributed by atoms with Crippen molar-refractivity contribution >= 4 is 21.7 Å². The van der Waals surface area contributed by atoms with Crippen LogP contribution in [0.25, 0.3) is 0 Å². The van der Waals surface area contributed by atoms with E-state index in [4.69, 9.17) is 0 Å². The first-order valence-corrected chi connectivity index (χ1v) is 4.32. The monoisotopic (exact) mass is 228 g/mol. The largest absolute Gasteiger partial charge is 0.313 e. The second-order valence-corrected chi connectivity index (χ2v) is 3.16. The van der Waals surface area contributed by atoms with E-state index in [0.29, 0.717) is 12.1 Å². The lowest BCUT2D eigenvalue weighted by molar-refractivity contribution is 0.0992. The van der Waals surface area contributed by atoms with Gasteiger partial charge in [0, 0.05) is 16.9 Å². The zero-order valence-corrected chi connectivity index (χ0v) is 8.26. The summed E-state index contributed by atoms with van der Waals surface area (Å²) in [6.07, 6.45) is 3.20. The van der Waals surface area contributed by atoms with Crippen LogP contribution in [0.4, 0.5) is 0 Å². The van der Waals surface area contributed by atoms with E-state index in [1.54, 1.807) is 25.5 Å². The van der Waals surface area contributed by atoms with Gasteiger partial charge in [0.1, 0.15) is 0 Å². The number of Topliss-reactive ketones (excluding diaryl/α,β-unsaturated/α-hetero) is 1. The predicted molar refractivity (Wildman–Crippen MR) is 50.2 cm³/mol. The first kappa shape index (κ1) is 9.35. The van der Waals surface area contributed by atoms with Crippen molar-refractivity contribution in [3.63, 3.8) is 0 Å². The molecule has 0 atom stereocenters. The maximum Gasteiger partial charge on any atom is 0.179 e. The minimum absolute atomic E-state index is 0.0393. The van der Waals surface area contributed by atoms with Crippen molar-refractivity contribution in [3.05, 3.63) is 28.5 Å². The van der Waals surface area contributed by atoms with Crippen LogP contribution >= 0.6 is 15.9 Å². The Morgan fingerprint density at radius 1 is 1.75 bits per heavy atom. The molecule has 1 heterocycles. The first-order chi connectivity index (χ1) is 5.75. The summed E-state index contributed by atoms with van der Waals surface area (Å²) < 4.78 is 0.790. The molecule has 0 aliphatic carbocycles. The molecule has 1 rings (SSSR count). The molecule has 64 valence electrons. The van der Waals surface area contributed by atoms with Crippen LogP contribution in [0.5, 0.6) is 0 Å². The zero-order chi connectivity index (χ0) is 8.97. The van der Waals surface area contributed by atoms with Crippen molar-refractivity contribution in [2.45, 2.75) is 0 Å². The number of nitrogens with zero attached hydrogens (tertiary/aromatic N) is 1. The number of ketones is 1. The molecule has 1 N–H and O–H groups in total. The van der Waals surface area contributed by atoms with Gasteiger partial charge in [0.25, 0.3) is 0 Å². The van der Waals surface area contributed by atoms with E-state index < -0.39 is 0 Å². The standard InChI is InChI=1S/C8H9BrN2O/c1-10-5-8(12)6-4-11-3-2-7(6)9/h2-4,10H,5H2,1H3. The highest BCUT2D eigenvalue weighted by molar-refractivity contribution is 9.10. The van der Waals surface area contributed by atoms with Crippen LogP contribution in [-0.4, -0.2) is 24.4 Å². The van der Waals surface area contributed by atoms with Crippen molar-refractivity contribution in [3.8, 4) is 0 Å². The molecule has 1 aromatic rings. The van der Waals surface area contributed by atoms with E-state index in [-0.39, 0.29) is 5.78 Å². The summed E-state index contributed by atoms with van der Waals surface area (Å²) in [4.78, 5) is 15.2.